The van der Waals surface area contributed by atoms with E-state index in [2.05, 4.69) is 0 Å². The maximum Gasteiger partial charge on any atom is 0.327 e. The second-order valence-electron chi connectivity index (χ2n) is 5.17. The zero-order valence-corrected chi connectivity index (χ0v) is 10.8. The summed E-state index contributed by atoms with van der Waals surface area (Å²) >= 11 is 0. The Kier molecular flexibility index (Phi) is 3.88. The van der Waals surface area contributed by atoms with E-state index in [0.717, 1.165) is 38.8 Å². The number of nitriles is 1. The number of piperidine rings is 3. The van der Waals surface area contributed by atoms with Crippen LogP contribution < -0.4 is 0 Å². The van der Waals surface area contributed by atoms with Crippen molar-refractivity contribution in [3.05, 3.63) is 0 Å². The Labute approximate surface area is 107 Å². The summed E-state index contributed by atoms with van der Waals surface area (Å²) in [5, 5.41) is 19.7. The van der Waals surface area contributed by atoms with E-state index in [1.807, 2.05) is 17.9 Å². The van der Waals surface area contributed by atoms with Crippen molar-refractivity contribution in [1.29, 1.82) is 5.26 Å². The Bertz CT molecular complexity index is 358. The maximum absolute atomic E-state index is 12.1. The average Bonchev–Trinajstić information content (AvgIpc) is 2.40. The fourth-order valence-electron chi connectivity index (χ4n) is 2.98. The number of nitrogens with zero attached hydrogens (tertiary/aromatic N) is 2. The van der Waals surface area contributed by atoms with Gasteiger partial charge in [0.1, 0.15) is 6.07 Å². The fourth-order valence-corrected chi connectivity index (χ4v) is 2.98. The number of ether oxygens (including phenoxy) is 1. The second-order valence-corrected chi connectivity index (χ2v) is 5.17. The van der Waals surface area contributed by atoms with Crippen LogP contribution in [-0.4, -0.2) is 47.3 Å². The summed E-state index contributed by atoms with van der Waals surface area (Å²) in [7, 11) is 0. The van der Waals surface area contributed by atoms with E-state index in [1.54, 1.807) is 0 Å². The van der Waals surface area contributed by atoms with Gasteiger partial charge in [0.2, 0.25) is 0 Å². The molecule has 1 N–H and O–H groups in total. The molecule has 5 nitrogen and oxygen atoms in total. The topological polar surface area (TPSA) is 73.6 Å². The first kappa shape index (κ1) is 13.3. The van der Waals surface area contributed by atoms with Crippen LogP contribution in [0.15, 0.2) is 0 Å². The van der Waals surface area contributed by atoms with Crippen molar-refractivity contribution in [1.82, 2.24) is 4.90 Å². The summed E-state index contributed by atoms with van der Waals surface area (Å²) in [4.78, 5) is 13.9. The van der Waals surface area contributed by atoms with Crippen molar-refractivity contribution in [3.63, 3.8) is 0 Å². The van der Waals surface area contributed by atoms with Crippen LogP contribution in [0.4, 0.5) is 0 Å². The molecule has 3 aliphatic rings. The molecular weight excluding hydrogens is 232 g/mol. The third-order valence-electron chi connectivity index (χ3n) is 4.08. The quantitative estimate of drug-likeness (QED) is 0.452. The van der Waals surface area contributed by atoms with Gasteiger partial charge in [-0.1, -0.05) is 13.3 Å². The zero-order chi connectivity index (χ0) is 13.2. The highest BCUT2D eigenvalue weighted by atomic mass is 16.5. The maximum atomic E-state index is 12.1. The van der Waals surface area contributed by atoms with Gasteiger partial charge in [-0.2, -0.15) is 5.26 Å². The van der Waals surface area contributed by atoms with Gasteiger partial charge in [0.05, 0.1) is 6.61 Å². The number of carbonyl (C=O) groups excluding carboxylic acids is 1. The third kappa shape index (κ3) is 2.11. The van der Waals surface area contributed by atoms with Crippen molar-refractivity contribution in [2.45, 2.75) is 44.2 Å². The van der Waals surface area contributed by atoms with Gasteiger partial charge < -0.3 is 9.84 Å². The molecule has 3 saturated heterocycles. The first-order valence-corrected chi connectivity index (χ1v) is 6.67. The molecule has 18 heavy (non-hydrogen) atoms. The van der Waals surface area contributed by atoms with E-state index in [4.69, 9.17) is 4.74 Å². The number of aliphatic hydroxyl groups is 1. The van der Waals surface area contributed by atoms with Gasteiger partial charge >= 0.3 is 5.97 Å². The number of carbonyl (C=O) groups is 1. The first-order valence-electron chi connectivity index (χ1n) is 6.67. The Hall–Kier alpha value is -1.12. The van der Waals surface area contributed by atoms with Crippen LogP contribution in [0.1, 0.15) is 32.6 Å². The molecule has 0 radical (unpaired) electrons. The van der Waals surface area contributed by atoms with Crippen LogP contribution in [0.2, 0.25) is 0 Å². The molecule has 0 aromatic carbocycles. The lowest BCUT2D eigenvalue weighted by molar-refractivity contribution is -0.176. The lowest BCUT2D eigenvalue weighted by atomic mass is 9.71. The van der Waals surface area contributed by atoms with E-state index in [-0.39, 0.29) is 5.92 Å². The SMILES string of the molecule is CCCCOC(=O)[C@@H]1N2CCC(CC2)[C@]1(O)C#N. The highest BCUT2D eigenvalue weighted by Crippen LogP contribution is 2.40. The van der Waals surface area contributed by atoms with Crippen LogP contribution in [0.3, 0.4) is 0 Å². The number of esters is 1. The summed E-state index contributed by atoms with van der Waals surface area (Å²) in [6.45, 7) is 3.92. The smallest absolute Gasteiger partial charge is 0.327 e. The van der Waals surface area contributed by atoms with Gasteiger partial charge in [0.15, 0.2) is 11.6 Å². The van der Waals surface area contributed by atoms with E-state index >= 15 is 0 Å². The molecule has 0 aromatic heterocycles. The van der Waals surface area contributed by atoms with E-state index in [9.17, 15) is 15.2 Å². The molecule has 0 amide bonds. The molecule has 0 spiro atoms. The van der Waals surface area contributed by atoms with Crippen molar-refractivity contribution in [2.75, 3.05) is 19.7 Å². The van der Waals surface area contributed by atoms with Crippen molar-refractivity contribution in [2.24, 2.45) is 5.92 Å². The summed E-state index contributed by atoms with van der Waals surface area (Å²) < 4.78 is 5.18. The lowest BCUT2D eigenvalue weighted by Gasteiger charge is -2.51. The second kappa shape index (κ2) is 5.25. The molecule has 0 aromatic rings. The predicted octanol–water partition coefficient (Wildman–Crippen LogP) is 0.679. The minimum Gasteiger partial charge on any atom is -0.464 e. The lowest BCUT2D eigenvalue weighted by Crippen LogP contribution is -2.68. The summed E-state index contributed by atoms with van der Waals surface area (Å²) in [5.74, 6) is -0.548. The molecule has 2 atom stereocenters. The van der Waals surface area contributed by atoms with E-state index in [0.29, 0.717) is 6.61 Å². The molecular formula is C13H20N2O3. The van der Waals surface area contributed by atoms with Gasteiger partial charge in [-0.15, -0.1) is 0 Å². The van der Waals surface area contributed by atoms with Crippen LogP contribution >= 0.6 is 0 Å². The van der Waals surface area contributed by atoms with Gasteiger partial charge in [0.25, 0.3) is 0 Å². The molecule has 0 aliphatic carbocycles. The molecule has 3 heterocycles. The number of rotatable bonds is 4. The van der Waals surface area contributed by atoms with Gasteiger partial charge in [-0.3, -0.25) is 9.69 Å². The molecule has 3 rings (SSSR count). The first-order chi connectivity index (χ1) is 8.63. The van der Waals surface area contributed by atoms with Crippen LogP contribution in [0.25, 0.3) is 0 Å². The van der Waals surface area contributed by atoms with Gasteiger partial charge in [-0.05, 0) is 32.4 Å². The third-order valence-corrected chi connectivity index (χ3v) is 4.08. The Morgan fingerprint density at radius 1 is 1.56 bits per heavy atom. The fraction of sp³-hybridized carbons (Fsp3) is 0.846. The monoisotopic (exact) mass is 252 g/mol. The minimum atomic E-state index is -1.57. The molecule has 0 saturated carbocycles. The molecule has 100 valence electrons. The van der Waals surface area contributed by atoms with E-state index < -0.39 is 17.6 Å². The molecule has 3 fully saturated rings. The van der Waals surface area contributed by atoms with Gasteiger partial charge in [-0.25, -0.2) is 0 Å². The molecule has 0 unspecified atom stereocenters. The molecule has 2 bridgehead atoms. The highest BCUT2D eigenvalue weighted by molar-refractivity contribution is 5.78. The summed E-state index contributed by atoms with van der Waals surface area (Å²) in [5.41, 5.74) is -1.57. The van der Waals surface area contributed by atoms with E-state index in [1.165, 1.54) is 0 Å². The van der Waals surface area contributed by atoms with Crippen LogP contribution in [0, 0.1) is 17.2 Å². The van der Waals surface area contributed by atoms with Crippen molar-refractivity contribution >= 4 is 5.97 Å². The molecule has 3 aliphatic heterocycles. The average molecular weight is 252 g/mol. The highest BCUT2D eigenvalue weighted by Gasteiger charge is 2.57. The van der Waals surface area contributed by atoms with Gasteiger partial charge in [0, 0.05) is 5.92 Å². The number of unbranched alkanes of at least 4 members (excludes halogenated alkanes) is 1. The Balaban J connectivity index is 2.09. The normalized spacial score (nSPS) is 38.2. The largest absolute Gasteiger partial charge is 0.464 e. The zero-order valence-electron chi connectivity index (χ0n) is 10.8. The van der Waals surface area contributed by atoms with Crippen molar-refractivity contribution < 1.29 is 14.6 Å². The number of fused-ring (bicyclic) bond motifs is 3. The van der Waals surface area contributed by atoms with Crippen molar-refractivity contribution in [3.8, 4) is 6.07 Å². The van der Waals surface area contributed by atoms with Crippen LogP contribution in [0.5, 0.6) is 0 Å². The standard InChI is InChI=1S/C13H20N2O3/c1-2-3-8-18-12(16)11-13(17,9-14)10-4-6-15(11)7-5-10/h10-11,17H,2-8H2,1H3/t11-,13+/m0/s1. The predicted molar refractivity (Wildman–Crippen MR) is 64.5 cm³/mol. The summed E-state index contributed by atoms with van der Waals surface area (Å²) in [6.07, 6.45) is 3.32. The Morgan fingerprint density at radius 2 is 2.22 bits per heavy atom. The number of hydrogen-bond donors (Lipinski definition) is 1. The Morgan fingerprint density at radius 3 is 2.78 bits per heavy atom. The van der Waals surface area contributed by atoms with Crippen LogP contribution in [-0.2, 0) is 9.53 Å². The molecule has 5 heteroatoms. The minimum absolute atomic E-state index is 0.101. The summed E-state index contributed by atoms with van der Waals surface area (Å²) in [6, 6.07) is 1.15. The number of hydrogen-bond acceptors (Lipinski definition) is 5.